The molecular weight excluding hydrogens is 320 g/mol. The topological polar surface area (TPSA) is 96.3 Å². The van der Waals surface area contributed by atoms with Crippen molar-refractivity contribution in [1.29, 1.82) is 0 Å². The number of rotatable bonds is 5. The van der Waals surface area contributed by atoms with Gasteiger partial charge < -0.3 is 15.7 Å². The Morgan fingerprint density at radius 2 is 2.16 bits per heavy atom. The molecule has 3 N–H and O–H groups in total. The number of nitrogens with one attached hydrogen (secondary N) is 2. The number of carbonyl (C=O) groups is 2. The number of allylic oxidation sites excluding steroid dienone is 1. The van der Waals surface area contributed by atoms with Gasteiger partial charge in [-0.3, -0.25) is 9.48 Å². The lowest BCUT2D eigenvalue weighted by Gasteiger charge is -2.11. The molecule has 1 aliphatic heterocycles. The summed E-state index contributed by atoms with van der Waals surface area (Å²) in [6, 6.07) is 4.87. The molecule has 2 aromatic rings. The largest absolute Gasteiger partial charge is 0.478 e. The van der Waals surface area contributed by atoms with Gasteiger partial charge >= 0.3 is 5.97 Å². The molecule has 0 atom stereocenters. The van der Waals surface area contributed by atoms with Gasteiger partial charge in [-0.1, -0.05) is 6.92 Å². The van der Waals surface area contributed by atoms with Gasteiger partial charge in [0.15, 0.2) is 0 Å². The fraction of sp³-hybridized carbons (Fsp3) is 0.278. The third kappa shape index (κ3) is 3.13. The van der Waals surface area contributed by atoms with Gasteiger partial charge in [0, 0.05) is 29.2 Å². The number of aromatic nitrogens is 2. The van der Waals surface area contributed by atoms with Crippen molar-refractivity contribution in [3.05, 3.63) is 47.4 Å². The summed E-state index contributed by atoms with van der Waals surface area (Å²) in [6.07, 6.45) is 4.17. The van der Waals surface area contributed by atoms with Gasteiger partial charge in [0.2, 0.25) is 0 Å². The number of nitrogens with zero attached hydrogens (tertiary/aromatic N) is 2. The van der Waals surface area contributed by atoms with Crippen LogP contribution < -0.4 is 10.6 Å². The summed E-state index contributed by atoms with van der Waals surface area (Å²) in [7, 11) is 0. The van der Waals surface area contributed by atoms with Crippen molar-refractivity contribution < 1.29 is 14.7 Å². The Balaban J connectivity index is 2.03. The van der Waals surface area contributed by atoms with E-state index in [0.29, 0.717) is 23.2 Å². The molecule has 1 amide bonds. The van der Waals surface area contributed by atoms with Gasteiger partial charge in [-0.05, 0) is 38.5 Å². The van der Waals surface area contributed by atoms with E-state index in [2.05, 4.69) is 15.7 Å². The fourth-order valence-corrected chi connectivity index (χ4v) is 2.79. The molecule has 0 fully saturated rings. The number of benzene rings is 1. The summed E-state index contributed by atoms with van der Waals surface area (Å²) < 4.78 is 1.82. The standard InChI is InChI=1S/C18H20N4O3/c1-4-14(20-12-8-19-22(9-12)10(2)3)16-13-7-11(18(24)25)5-6-15(13)21-17(16)23/h5-10,20H,4H2,1-3H3,(H,21,23)(H,24,25). The van der Waals surface area contributed by atoms with Crippen LogP contribution in [-0.4, -0.2) is 26.8 Å². The number of amides is 1. The summed E-state index contributed by atoms with van der Waals surface area (Å²) >= 11 is 0. The predicted molar refractivity (Wildman–Crippen MR) is 95.5 cm³/mol. The molecule has 7 nitrogen and oxygen atoms in total. The molecule has 0 bridgehead atoms. The van der Waals surface area contributed by atoms with Gasteiger partial charge in [0.25, 0.3) is 5.91 Å². The van der Waals surface area contributed by atoms with Gasteiger partial charge in [0.1, 0.15) is 0 Å². The Bertz CT molecular complexity index is 880. The van der Waals surface area contributed by atoms with Crippen molar-refractivity contribution in [2.75, 3.05) is 10.6 Å². The number of aromatic carboxylic acids is 1. The summed E-state index contributed by atoms with van der Waals surface area (Å²) in [5.74, 6) is -1.26. The Hall–Kier alpha value is -3.09. The summed E-state index contributed by atoms with van der Waals surface area (Å²) in [6.45, 7) is 6.00. The highest BCUT2D eigenvalue weighted by molar-refractivity contribution is 6.32. The smallest absolute Gasteiger partial charge is 0.335 e. The van der Waals surface area contributed by atoms with Crippen molar-refractivity contribution in [3.8, 4) is 0 Å². The number of anilines is 2. The van der Waals surface area contributed by atoms with E-state index in [1.807, 2.05) is 31.6 Å². The predicted octanol–water partition coefficient (Wildman–Crippen LogP) is 3.35. The van der Waals surface area contributed by atoms with E-state index in [0.717, 1.165) is 11.4 Å². The Labute approximate surface area is 145 Å². The number of carboxylic acid groups (broad SMARTS) is 1. The lowest BCUT2D eigenvalue weighted by Crippen LogP contribution is -2.10. The number of carbonyl (C=O) groups excluding carboxylic acids is 1. The zero-order valence-electron chi connectivity index (χ0n) is 14.3. The Kier molecular flexibility index (Phi) is 4.31. The molecule has 25 heavy (non-hydrogen) atoms. The monoisotopic (exact) mass is 340 g/mol. The van der Waals surface area contributed by atoms with Crippen LogP contribution in [0, 0.1) is 0 Å². The van der Waals surface area contributed by atoms with Crippen molar-refractivity contribution in [2.24, 2.45) is 0 Å². The molecule has 0 saturated heterocycles. The first-order chi connectivity index (χ1) is 11.9. The van der Waals surface area contributed by atoms with E-state index in [4.69, 9.17) is 0 Å². The van der Waals surface area contributed by atoms with Crippen LogP contribution >= 0.6 is 0 Å². The number of hydrogen-bond donors (Lipinski definition) is 3. The third-order valence-corrected chi connectivity index (χ3v) is 4.09. The number of carboxylic acids is 1. The Morgan fingerprint density at radius 1 is 1.40 bits per heavy atom. The average molecular weight is 340 g/mol. The van der Waals surface area contributed by atoms with Crippen LogP contribution in [0.25, 0.3) is 5.57 Å². The van der Waals surface area contributed by atoms with E-state index < -0.39 is 5.97 Å². The first kappa shape index (κ1) is 16.8. The van der Waals surface area contributed by atoms with E-state index in [1.54, 1.807) is 12.3 Å². The van der Waals surface area contributed by atoms with Crippen LogP contribution in [0.15, 0.2) is 36.3 Å². The fourth-order valence-electron chi connectivity index (χ4n) is 2.79. The zero-order valence-corrected chi connectivity index (χ0v) is 14.3. The molecule has 130 valence electrons. The van der Waals surface area contributed by atoms with Crippen LogP contribution in [0.2, 0.25) is 0 Å². The van der Waals surface area contributed by atoms with E-state index in [-0.39, 0.29) is 17.5 Å². The first-order valence-corrected chi connectivity index (χ1v) is 8.14. The second kappa shape index (κ2) is 6.43. The highest BCUT2D eigenvalue weighted by Crippen LogP contribution is 2.35. The lowest BCUT2D eigenvalue weighted by atomic mass is 10.0. The minimum Gasteiger partial charge on any atom is -0.478 e. The second-order valence-corrected chi connectivity index (χ2v) is 6.15. The normalized spacial score (nSPS) is 15.1. The molecule has 0 saturated carbocycles. The second-order valence-electron chi connectivity index (χ2n) is 6.15. The van der Waals surface area contributed by atoms with Gasteiger partial charge in [-0.25, -0.2) is 4.79 Å². The molecule has 0 radical (unpaired) electrons. The summed E-state index contributed by atoms with van der Waals surface area (Å²) in [5.41, 5.74) is 3.35. The molecule has 7 heteroatoms. The molecule has 0 unspecified atom stereocenters. The highest BCUT2D eigenvalue weighted by Gasteiger charge is 2.28. The van der Waals surface area contributed by atoms with Crippen molar-refractivity contribution in [3.63, 3.8) is 0 Å². The third-order valence-electron chi connectivity index (χ3n) is 4.09. The SMILES string of the molecule is CCC(Nc1cnn(C(C)C)c1)=C1C(=O)Nc2ccc(C(=O)O)cc21. The molecule has 2 heterocycles. The maximum atomic E-state index is 12.4. The minimum atomic E-state index is -1.02. The van der Waals surface area contributed by atoms with Crippen LogP contribution in [0.5, 0.6) is 0 Å². The maximum absolute atomic E-state index is 12.4. The van der Waals surface area contributed by atoms with Crippen molar-refractivity contribution in [1.82, 2.24) is 9.78 Å². The molecule has 1 aromatic carbocycles. The van der Waals surface area contributed by atoms with Crippen molar-refractivity contribution in [2.45, 2.75) is 33.2 Å². The van der Waals surface area contributed by atoms with Crippen LogP contribution in [0.1, 0.15) is 49.2 Å². The number of hydrogen-bond acceptors (Lipinski definition) is 4. The molecule has 1 aliphatic rings. The van der Waals surface area contributed by atoms with Crippen LogP contribution in [0.3, 0.4) is 0 Å². The summed E-state index contributed by atoms with van der Waals surface area (Å²) in [5, 5.41) is 19.5. The highest BCUT2D eigenvalue weighted by atomic mass is 16.4. The van der Waals surface area contributed by atoms with E-state index in [1.165, 1.54) is 12.1 Å². The molecular formula is C18H20N4O3. The zero-order chi connectivity index (χ0) is 18.1. The quantitative estimate of drug-likeness (QED) is 0.725. The summed E-state index contributed by atoms with van der Waals surface area (Å²) in [4.78, 5) is 23.7. The number of fused-ring (bicyclic) bond motifs is 1. The molecule has 0 spiro atoms. The van der Waals surface area contributed by atoms with Gasteiger partial charge in [-0.15, -0.1) is 0 Å². The average Bonchev–Trinajstić information content (AvgIpc) is 3.15. The van der Waals surface area contributed by atoms with Crippen LogP contribution in [-0.2, 0) is 4.79 Å². The van der Waals surface area contributed by atoms with Crippen LogP contribution in [0.4, 0.5) is 11.4 Å². The maximum Gasteiger partial charge on any atom is 0.335 e. The lowest BCUT2D eigenvalue weighted by molar-refractivity contribution is -0.110. The molecule has 1 aromatic heterocycles. The van der Waals surface area contributed by atoms with Gasteiger partial charge in [0.05, 0.1) is 23.0 Å². The molecule has 0 aliphatic carbocycles. The Morgan fingerprint density at radius 3 is 2.76 bits per heavy atom. The minimum absolute atomic E-state index is 0.149. The van der Waals surface area contributed by atoms with Crippen molar-refractivity contribution >= 4 is 28.8 Å². The van der Waals surface area contributed by atoms with E-state index >= 15 is 0 Å². The first-order valence-electron chi connectivity index (χ1n) is 8.14. The van der Waals surface area contributed by atoms with E-state index in [9.17, 15) is 14.7 Å². The van der Waals surface area contributed by atoms with Gasteiger partial charge in [-0.2, -0.15) is 5.10 Å². The molecule has 3 rings (SSSR count).